The third kappa shape index (κ3) is 3.61. The van der Waals surface area contributed by atoms with Crippen molar-refractivity contribution in [3.63, 3.8) is 0 Å². The van der Waals surface area contributed by atoms with Gasteiger partial charge in [-0.25, -0.2) is 0 Å². The smallest absolute Gasteiger partial charge is 0.230 e. The van der Waals surface area contributed by atoms with E-state index in [1.807, 2.05) is 11.9 Å². The van der Waals surface area contributed by atoms with Crippen LogP contribution in [0.25, 0.3) is 0 Å². The van der Waals surface area contributed by atoms with Crippen LogP contribution < -0.4 is 5.73 Å². The van der Waals surface area contributed by atoms with Gasteiger partial charge in [-0.2, -0.15) is 0 Å². The molecule has 0 radical (unpaired) electrons. The van der Waals surface area contributed by atoms with Gasteiger partial charge >= 0.3 is 0 Å². The number of hydrogen-bond donors (Lipinski definition) is 1. The van der Waals surface area contributed by atoms with Crippen molar-refractivity contribution in [1.29, 1.82) is 0 Å². The first-order valence-corrected chi connectivity index (χ1v) is 7.08. The standard InChI is InChI=1S/C14H28N2O.ClH/c1-4-14(5-2,11-15)13(17)16(3)12-9-7-6-8-10-12;/h12H,4-11,15H2,1-3H3;1H. The van der Waals surface area contributed by atoms with Gasteiger partial charge in [0, 0.05) is 19.6 Å². The van der Waals surface area contributed by atoms with Gasteiger partial charge in [-0.15, -0.1) is 12.4 Å². The number of carbonyl (C=O) groups is 1. The zero-order valence-electron chi connectivity index (χ0n) is 12.1. The number of nitrogens with zero attached hydrogens (tertiary/aromatic N) is 1. The van der Waals surface area contributed by atoms with E-state index in [-0.39, 0.29) is 23.7 Å². The molecule has 1 fully saturated rings. The molecule has 0 saturated heterocycles. The molecule has 4 heteroatoms. The van der Waals surface area contributed by atoms with Crippen molar-refractivity contribution < 1.29 is 4.79 Å². The van der Waals surface area contributed by atoms with Crippen LogP contribution >= 0.6 is 12.4 Å². The first-order chi connectivity index (χ1) is 8.11. The van der Waals surface area contributed by atoms with Gasteiger partial charge in [0.2, 0.25) is 5.91 Å². The van der Waals surface area contributed by atoms with E-state index in [1.165, 1.54) is 19.3 Å². The molecule has 1 saturated carbocycles. The van der Waals surface area contributed by atoms with E-state index in [4.69, 9.17) is 5.73 Å². The Bertz CT molecular complexity index is 240. The van der Waals surface area contributed by atoms with Gasteiger partial charge in [-0.3, -0.25) is 4.79 Å². The molecule has 0 heterocycles. The van der Waals surface area contributed by atoms with Gasteiger partial charge in [0.15, 0.2) is 0 Å². The van der Waals surface area contributed by atoms with Crippen LogP contribution in [0.1, 0.15) is 58.8 Å². The molecule has 0 spiro atoms. The normalized spacial score (nSPS) is 17.1. The fourth-order valence-corrected chi connectivity index (χ4v) is 2.94. The SMILES string of the molecule is CCC(CC)(CN)C(=O)N(C)C1CCCCC1.Cl. The molecule has 0 atom stereocenters. The molecule has 1 rings (SSSR count). The molecule has 2 N–H and O–H groups in total. The molecule has 0 unspecified atom stereocenters. The first kappa shape index (κ1) is 17.7. The third-order valence-electron chi connectivity index (χ3n) is 4.64. The average Bonchev–Trinajstić information content (AvgIpc) is 2.41. The van der Waals surface area contributed by atoms with E-state index in [1.54, 1.807) is 0 Å². The Kier molecular flexibility index (Phi) is 7.88. The fourth-order valence-electron chi connectivity index (χ4n) is 2.94. The van der Waals surface area contributed by atoms with Crippen LogP contribution in [0.4, 0.5) is 0 Å². The minimum Gasteiger partial charge on any atom is -0.342 e. The van der Waals surface area contributed by atoms with Crippen molar-refractivity contribution in [2.45, 2.75) is 64.8 Å². The van der Waals surface area contributed by atoms with Crippen molar-refractivity contribution in [2.24, 2.45) is 11.1 Å². The monoisotopic (exact) mass is 276 g/mol. The van der Waals surface area contributed by atoms with Gasteiger partial charge < -0.3 is 10.6 Å². The van der Waals surface area contributed by atoms with E-state index in [9.17, 15) is 4.79 Å². The number of nitrogens with two attached hydrogens (primary N) is 1. The molecule has 18 heavy (non-hydrogen) atoms. The lowest BCUT2D eigenvalue weighted by atomic mass is 9.80. The highest BCUT2D eigenvalue weighted by Gasteiger charge is 2.37. The van der Waals surface area contributed by atoms with Gasteiger partial charge in [0.1, 0.15) is 0 Å². The van der Waals surface area contributed by atoms with Crippen molar-refractivity contribution in [3.05, 3.63) is 0 Å². The van der Waals surface area contributed by atoms with Gasteiger partial charge in [0.25, 0.3) is 0 Å². The summed E-state index contributed by atoms with van der Waals surface area (Å²) >= 11 is 0. The number of amides is 1. The first-order valence-electron chi connectivity index (χ1n) is 7.08. The van der Waals surface area contributed by atoms with Crippen molar-refractivity contribution >= 4 is 18.3 Å². The zero-order valence-corrected chi connectivity index (χ0v) is 12.9. The largest absolute Gasteiger partial charge is 0.342 e. The summed E-state index contributed by atoms with van der Waals surface area (Å²) in [5.41, 5.74) is 5.52. The topological polar surface area (TPSA) is 46.3 Å². The lowest BCUT2D eigenvalue weighted by Gasteiger charge is -2.38. The van der Waals surface area contributed by atoms with Crippen LogP contribution in [0.2, 0.25) is 0 Å². The highest BCUT2D eigenvalue weighted by molar-refractivity contribution is 5.85. The summed E-state index contributed by atoms with van der Waals surface area (Å²) in [4.78, 5) is 14.6. The predicted molar refractivity (Wildman–Crippen MR) is 79.0 cm³/mol. The van der Waals surface area contributed by atoms with Gasteiger partial charge in [-0.05, 0) is 25.7 Å². The van der Waals surface area contributed by atoms with Crippen LogP contribution in [0.5, 0.6) is 0 Å². The summed E-state index contributed by atoms with van der Waals surface area (Å²) in [7, 11) is 1.97. The van der Waals surface area contributed by atoms with Crippen LogP contribution in [0.15, 0.2) is 0 Å². The van der Waals surface area contributed by atoms with Crippen LogP contribution in [-0.4, -0.2) is 30.4 Å². The highest BCUT2D eigenvalue weighted by atomic mass is 35.5. The number of carbonyl (C=O) groups excluding carboxylic acids is 1. The van der Waals surface area contributed by atoms with Crippen LogP contribution in [0, 0.1) is 5.41 Å². The quantitative estimate of drug-likeness (QED) is 0.839. The van der Waals surface area contributed by atoms with Crippen LogP contribution in [-0.2, 0) is 4.79 Å². The van der Waals surface area contributed by atoms with Crippen molar-refractivity contribution in [3.8, 4) is 0 Å². The van der Waals surface area contributed by atoms with E-state index < -0.39 is 0 Å². The molecule has 0 bridgehead atoms. The Hall–Kier alpha value is -0.280. The lowest BCUT2D eigenvalue weighted by molar-refractivity contribution is -0.143. The second kappa shape index (κ2) is 8.00. The van der Waals surface area contributed by atoms with Crippen molar-refractivity contribution in [2.75, 3.05) is 13.6 Å². The maximum atomic E-state index is 12.6. The van der Waals surface area contributed by atoms with Gasteiger partial charge in [0.05, 0.1) is 5.41 Å². The lowest BCUT2D eigenvalue weighted by Crippen LogP contribution is -2.50. The second-order valence-electron chi connectivity index (χ2n) is 5.40. The van der Waals surface area contributed by atoms with E-state index in [0.717, 1.165) is 25.7 Å². The molecule has 0 aliphatic heterocycles. The second-order valence-corrected chi connectivity index (χ2v) is 5.40. The molecular formula is C14H29ClN2O. The molecule has 0 aromatic carbocycles. The van der Waals surface area contributed by atoms with Crippen molar-refractivity contribution in [1.82, 2.24) is 4.90 Å². The molecule has 1 aliphatic rings. The number of hydrogen-bond acceptors (Lipinski definition) is 2. The van der Waals surface area contributed by atoms with E-state index in [0.29, 0.717) is 12.6 Å². The zero-order chi connectivity index (χ0) is 12.9. The Morgan fingerprint density at radius 1 is 1.22 bits per heavy atom. The highest BCUT2D eigenvalue weighted by Crippen LogP contribution is 2.30. The molecule has 0 aromatic heterocycles. The summed E-state index contributed by atoms with van der Waals surface area (Å²) in [5.74, 6) is 0.261. The summed E-state index contributed by atoms with van der Waals surface area (Å²) in [6.07, 6.45) is 7.85. The van der Waals surface area contributed by atoms with E-state index in [2.05, 4.69) is 13.8 Å². The third-order valence-corrected chi connectivity index (χ3v) is 4.64. The van der Waals surface area contributed by atoms with E-state index >= 15 is 0 Å². The summed E-state index contributed by atoms with van der Waals surface area (Å²) in [5, 5.41) is 0. The average molecular weight is 277 g/mol. The Morgan fingerprint density at radius 3 is 2.11 bits per heavy atom. The maximum Gasteiger partial charge on any atom is 0.230 e. The summed E-state index contributed by atoms with van der Waals surface area (Å²) in [6.45, 7) is 4.61. The van der Waals surface area contributed by atoms with Crippen LogP contribution in [0.3, 0.4) is 0 Å². The molecule has 108 valence electrons. The molecule has 0 aromatic rings. The molecule has 1 amide bonds. The molecule has 1 aliphatic carbocycles. The summed E-state index contributed by atoms with van der Waals surface area (Å²) < 4.78 is 0. The van der Waals surface area contributed by atoms with Gasteiger partial charge in [-0.1, -0.05) is 33.1 Å². The minimum absolute atomic E-state index is 0. The molecular weight excluding hydrogens is 248 g/mol. The molecule has 3 nitrogen and oxygen atoms in total. The Morgan fingerprint density at radius 2 is 1.72 bits per heavy atom. The minimum atomic E-state index is -0.327. The fraction of sp³-hybridized carbons (Fsp3) is 0.929. The summed E-state index contributed by atoms with van der Waals surface area (Å²) in [6, 6.07) is 0.445. The number of rotatable bonds is 5. The number of halogens is 1. The predicted octanol–water partition coefficient (Wildman–Crippen LogP) is 2.96. The Balaban J connectivity index is 0.00000289. The maximum absolute atomic E-state index is 12.6. The Labute approximate surface area is 118 Å².